The summed E-state index contributed by atoms with van der Waals surface area (Å²) in [6.07, 6.45) is 2.14. The highest BCUT2D eigenvalue weighted by molar-refractivity contribution is 6.31. The van der Waals surface area contributed by atoms with Gasteiger partial charge in [0.15, 0.2) is 0 Å². The maximum atomic E-state index is 13.5. The molecule has 0 heterocycles. The zero-order valence-corrected chi connectivity index (χ0v) is 9.67. The van der Waals surface area contributed by atoms with Gasteiger partial charge in [-0.25, -0.2) is 4.39 Å². The van der Waals surface area contributed by atoms with Gasteiger partial charge in [0.1, 0.15) is 5.82 Å². The van der Waals surface area contributed by atoms with E-state index in [1.54, 1.807) is 12.1 Å². The molecule has 0 amide bonds. The highest BCUT2D eigenvalue weighted by Gasteiger charge is 2.36. The van der Waals surface area contributed by atoms with Crippen molar-refractivity contribution in [2.24, 2.45) is 5.73 Å². The Hall–Kier alpha value is -0.640. The fraction of sp³-hybridized carbons (Fsp3) is 0.500. The molecule has 0 radical (unpaired) electrons. The van der Waals surface area contributed by atoms with E-state index in [4.69, 9.17) is 17.3 Å². The molecule has 2 unspecified atom stereocenters. The first-order valence-corrected chi connectivity index (χ1v) is 5.79. The summed E-state index contributed by atoms with van der Waals surface area (Å²) in [5.74, 6) is -0.360. The highest BCUT2D eigenvalue weighted by Crippen LogP contribution is 2.34. The van der Waals surface area contributed by atoms with E-state index in [9.17, 15) is 9.50 Å². The van der Waals surface area contributed by atoms with Crippen molar-refractivity contribution in [3.63, 3.8) is 0 Å². The summed E-state index contributed by atoms with van der Waals surface area (Å²) in [4.78, 5) is 0. The van der Waals surface area contributed by atoms with E-state index in [0.29, 0.717) is 23.4 Å². The maximum Gasteiger partial charge on any atom is 0.127 e. The molecule has 1 saturated carbocycles. The van der Waals surface area contributed by atoms with Crippen LogP contribution in [0.1, 0.15) is 24.8 Å². The van der Waals surface area contributed by atoms with Crippen LogP contribution >= 0.6 is 11.6 Å². The van der Waals surface area contributed by atoms with Crippen LogP contribution in [-0.2, 0) is 6.42 Å². The standard InChI is InChI=1S/C12H15ClFNO/c13-10-2-1-3-11(14)9(10)7-12(16)5-4-8(15)6-12/h1-3,8,16H,4-7,15H2. The summed E-state index contributed by atoms with van der Waals surface area (Å²) in [7, 11) is 0. The molecule has 1 aromatic carbocycles. The third-order valence-corrected chi connectivity index (χ3v) is 3.54. The monoisotopic (exact) mass is 243 g/mol. The molecular formula is C12H15ClFNO. The van der Waals surface area contributed by atoms with Crippen LogP contribution in [0.3, 0.4) is 0 Å². The number of hydrogen-bond donors (Lipinski definition) is 2. The minimum Gasteiger partial charge on any atom is -0.389 e. The lowest BCUT2D eigenvalue weighted by molar-refractivity contribution is 0.0460. The van der Waals surface area contributed by atoms with E-state index in [-0.39, 0.29) is 18.3 Å². The van der Waals surface area contributed by atoms with Gasteiger partial charge in [-0.05, 0) is 31.4 Å². The molecule has 1 aromatic rings. The van der Waals surface area contributed by atoms with Gasteiger partial charge < -0.3 is 10.8 Å². The molecule has 4 heteroatoms. The fourth-order valence-electron chi connectivity index (χ4n) is 2.34. The summed E-state index contributed by atoms with van der Waals surface area (Å²) in [5.41, 5.74) is 5.25. The van der Waals surface area contributed by atoms with E-state index in [0.717, 1.165) is 6.42 Å². The molecule has 0 spiro atoms. The van der Waals surface area contributed by atoms with Crippen LogP contribution in [0, 0.1) is 5.82 Å². The van der Waals surface area contributed by atoms with Gasteiger partial charge >= 0.3 is 0 Å². The molecule has 0 aliphatic heterocycles. The average molecular weight is 244 g/mol. The summed E-state index contributed by atoms with van der Waals surface area (Å²) in [5, 5.41) is 10.6. The minimum absolute atomic E-state index is 0.00977. The molecule has 0 saturated heterocycles. The third-order valence-electron chi connectivity index (χ3n) is 3.19. The Balaban J connectivity index is 2.21. The topological polar surface area (TPSA) is 46.2 Å². The number of nitrogens with two attached hydrogens (primary N) is 1. The second-order valence-corrected chi connectivity index (χ2v) is 5.01. The normalized spacial score (nSPS) is 29.6. The van der Waals surface area contributed by atoms with E-state index in [2.05, 4.69) is 0 Å². The number of benzene rings is 1. The Labute approximate surface area is 99.2 Å². The van der Waals surface area contributed by atoms with E-state index >= 15 is 0 Å². The number of rotatable bonds is 2. The molecule has 2 rings (SSSR count). The molecule has 1 fully saturated rings. The van der Waals surface area contributed by atoms with Gasteiger partial charge in [0.25, 0.3) is 0 Å². The first-order valence-electron chi connectivity index (χ1n) is 5.41. The van der Waals surface area contributed by atoms with Crippen LogP contribution in [-0.4, -0.2) is 16.7 Å². The van der Waals surface area contributed by atoms with E-state index in [1.807, 2.05) is 0 Å². The van der Waals surface area contributed by atoms with Gasteiger partial charge in [0.05, 0.1) is 5.60 Å². The molecule has 0 bridgehead atoms. The summed E-state index contributed by atoms with van der Waals surface area (Å²) in [6, 6.07) is 4.57. The van der Waals surface area contributed by atoms with Crippen molar-refractivity contribution in [3.8, 4) is 0 Å². The van der Waals surface area contributed by atoms with Crippen LogP contribution < -0.4 is 5.73 Å². The molecular weight excluding hydrogens is 229 g/mol. The molecule has 0 aromatic heterocycles. The Morgan fingerprint density at radius 2 is 2.31 bits per heavy atom. The minimum atomic E-state index is -0.898. The van der Waals surface area contributed by atoms with Crippen molar-refractivity contribution < 1.29 is 9.50 Å². The van der Waals surface area contributed by atoms with Gasteiger partial charge in [-0.2, -0.15) is 0 Å². The van der Waals surface area contributed by atoms with Crippen molar-refractivity contribution in [3.05, 3.63) is 34.6 Å². The van der Waals surface area contributed by atoms with Gasteiger partial charge in [0.2, 0.25) is 0 Å². The van der Waals surface area contributed by atoms with E-state index in [1.165, 1.54) is 6.07 Å². The first kappa shape index (κ1) is 11.8. The second-order valence-electron chi connectivity index (χ2n) is 4.60. The summed E-state index contributed by atoms with van der Waals surface area (Å²) >= 11 is 5.92. The zero-order valence-electron chi connectivity index (χ0n) is 8.92. The van der Waals surface area contributed by atoms with Crippen molar-refractivity contribution in [2.75, 3.05) is 0 Å². The predicted octanol–water partition coefficient (Wildman–Crippen LogP) is 2.26. The van der Waals surface area contributed by atoms with Crippen molar-refractivity contribution >= 4 is 11.6 Å². The Bertz CT molecular complexity index is 378. The quantitative estimate of drug-likeness (QED) is 0.837. The Kier molecular flexibility index (Phi) is 3.19. The fourth-order valence-corrected chi connectivity index (χ4v) is 2.57. The number of hydrogen-bond acceptors (Lipinski definition) is 2. The predicted molar refractivity (Wildman–Crippen MR) is 61.9 cm³/mol. The van der Waals surface area contributed by atoms with Crippen molar-refractivity contribution in [2.45, 2.75) is 37.3 Å². The molecule has 1 aliphatic carbocycles. The lowest BCUT2D eigenvalue weighted by atomic mass is 9.92. The van der Waals surface area contributed by atoms with Crippen molar-refractivity contribution in [1.82, 2.24) is 0 Å². The van der Waals surface area contributed by atoms with Gasteiger partial charge in [0, 0.05) is 23.0 Å². The SMILES string of the molecule is NC1CCC(O)(Cc2c(F)cccc2Cl)C1. The van der Waals surface area contributed by atoms with Crippen LogP contribution in [0.4, 0.5) is 4.39 Å². The lowest BCUT2D eigenvalue weighted by Crippen LogP contribution is -2.30. The first-order chi connectivity index (χ1) is 7.50. The van der Waals surface area contributed by atoms with Gasteiger partial charge in [-0.3, -0.25) is 0 Å². The van der Waals surface area contributed by atoms with Gasteiger partial charge in [-0.15, -0.1) is 0 Å². The van der Waals surface area contributed by atoms with Crippen LogP contribution in [0.2, 0.25) is 5.02 Å². The Morgan fingerprint density at radius 3 is 2.88 bits per heavy atom. The molecule has 2 atom stereocenters. The van der Waals surface area contributed by atoms with Crippen LogP contribution in [0.5, 0.6) is 0 Å². The third kappa shape index (κ3) is 2.37. The highest BCUT2D eigenvalue weighted by atomic mass is 35.5. The molecule has 16 heavy (non-hydrogen) atoms. The summed E-state index contributed by atoms with van der Waals surface area (Å²) < 4.78 is 13.5. The number of aliphatic hydroxyl groups is 1. The molecule has 1 aliphatic rings. The van der Waals surface area contributed by atoms with Gasteiger partial charge in [-0.1, -0.05) is 17.7 Å². The maximum absolute atomic E-state index is 13.5. The zero-order chi connectivity index (χ0) is 11.8. The van der Waals surface area contributed by atoms with Crippen molar-refractivity contribution in [1.29, 1.82) is 0 Å². The van der Waals surface area contributed by atoms with E-state index < -0.39 is 5.60 Å². The molecule has 2 nitrogen and oxygen atoms in total. The summed E-state index contributed by atoms with van der Waals surface area (Å²) in [6.45, 7) is 0. The van der Waals surface area contributed by atoms with Crippen LogP contribution in [0.15, 0.2) is 18.2 Å². The molecule has 3 N–H and O–H groups in total. The second kappa shape index (κ2) is 4.32. The number of halogens is 2. The van der Waals surface area contributed by atoms with Crippen LogP contribution in [0.25, 0.3) is 0 Å². The lowest BCUT2D eigenvalue weighted by Gasteiger charge is -2.23. The average Bonchev–Trinajstić information content (AvgIpc) is 2.53. The largest absolute Gasteiger partial charge is 0.389 e. The Morgan fingerprint density at radius 1 is 1.56 bits per heavy atom. The smallest absolute Gasteiger partial charge is 0.127 e. The molecule has 88 valence electrons.